The largest absolute Gasteiger partial charge is 0.855 e. The van der Waals surface area contributed by atoms with Crippen LogP contribution in [0.15, 0.2) is 12.2 Å². The maximum Gasteiger partial charge on any atom is 0.0639 e. The maximum atomic E-state index is 9.89. The number of carbonyl (C=O) groups is 1. The summed E-state index contributed by atoms with van der Waals surface area (Å²) in [6.45, 7) is 5.29. The summed E-state index contributed by atoms with van der Waals surface area (Å²) in [6.07, 6.45) is 8.33. The van der Waals surface area contributed by atoms with Gasteiger partial charge in [-0.2, -0.15) is 0 Å². The molecule has 0 aliphatic carbocycles. The van der Waals surface area contributed by atoms with E-state index in [0.717, 1.165) is 18.9 Å². The minimum Gasteiger partial charge on any atom is -0.855 e. The van der Waals surface area contributed by atoms with Crippen LogP contribution in [-0.4, -0.2) is 19.2 Å². The third-order valence-electron chi connectivity index (χ3n) is 1.48. The maximum absolute atomic E-state index is 9.89. The monoisotopic (exact) mass is 299 g/mol. The second kappa shape index (κ2) is 43.0. The molecule has 0 radical (unpaired) electrons. The van der Waals surface area contributed by atoms with Crippen LogP contribution in [-0.2, 0) is 4.79 Å². The molecule has 0 heterocycles. The number of rotatable bonds is 6. The fourth-order valence-corrected chi connectivity index (χ4v) is 0.869. The molecular weight excluding hydrogens is 262 g/mol. The summed E-state index contributed by atoms with van der Waals surface area (Å²) in [6, 6.07) is 0. The predicted molar refractivity (Wildman–Crippen MR) is 81.9 cm³/mol. The van der Waals surface area contributed by atoms with Gasteiger partial charge in [-0.3, -0.25) is 0 Å². The van der Waals surface area contributed by atoms with E-state index in [1.807, 2.05) is 0 Å². The topological polar surface area (TPSA) is 196 Å². The molecule has 0 aromatic rings. The van der Waals surface area contributed by atoms with Gasteiger partial charge >= 0.3 is 0 Å². The Balaban J connectivity index is -0.0000000471. The standard InChI is InChI=1S/C9H16O2.2C2H5O.3H3N/c1-2-3-4-5-6-7-8-9(10)11;2*1-2-3;;;/h7-8H,2-6H2,1H3,(H,10,11);2*2H2,1H3;3*1H3/q;2*-1;;;/p+2. The summed E-state index contributed by atoms with van der Waals surface area (Å²) in [7, 11) is 0. The van der Waals surface area contributed by atoms with Crippen molar-refractivity contribution < 1.29 is 20.1 Å². The highest BCUT2D eigenvalue weighted by atomic mass is 16.4. The number of hydrogen-bond acceptors (Lipinski definition) is 4. The van der Waals surface area contributed by atoms with Crippen molar-refractivity contribution in [3.8, 4) is 0 Å². The van der Waals surface area contributed by atoms with E-state index in [0.29, 0.717) is 0 Å². The molecule has 0 saturated carbocycles. The van der Waals surface area contributed by atoms with E-state index in [4.69, 9.17) is 10.2 Å². The van der Waals surface area contributed by atoms with Gasteiger partial charge in [-0.25, -0.2) is 0 Å². The van der Waals surface area contributed by atoms with Crippen LogP contribution >= 0.6 is 0 Å². The van der Waals surface area contributed by atoms with Crippen molar-refractivity contribution in [3.05, 3.63) is 12.2 Å². The Morgan fingerprint density at radius 2 is 1.30 bits per heavy atom. The van der Waals surface area contributed by atoms with E-state index >= 15 is 0 Å². The van der Waals surface area contributed by atoms with E-state index in [2.05, 4.69) is 6.92 Å². The molecular formula is C13H37N3O4. The van der Waals surface area contributed by atoms with Crippen molar-refractivity contribution in [3.63, 3.8) is 0 Å². The van der Waals surface area contributed by atoms with E-state index in [-0.39, 0.29) is 31.7 Å². The van der Waals surface area contributed by atoms with Gasteiger partial charge in [0.05, 0.1) is 5.97 Å². The second-order valence-corrected chi connectivity index (χ2v) is 3.15. The lowest BCUT2D eigenvalue weighted by Gasteiger charge is -1.94. The number of carboxylic acid groups (broad SMARTS) is 1. The van der Waals surface area contributed by atoms with Crippen LogP contribution in [0.2, 0.25) is 0 Å². The minimum atomic E-state index is -1.10. The lowest BCUT2D eigenvalue weighted by atomic mass is 10.1. The van der Waals surface area contributed by atoms with E-state index < -0.39 is 5.97 Å². The van der Waals surface area contributed by atoms with Crippen molar-refractivity contribution in [2.45, 2.75) is 52.9 Å². The molecule has 128 valence electrons. The normalized spacial score (nSPS) is 7.65. The van der Waals surface area contributed by atoms with Crippen LogP contribution in [0.5, 0.6) is 0 Å². The number of quaternary nitrogens is 3. The minimum absolute atomic E-state index is 0. The average Bonchev–Trinajstić information content (AvgIpc) is 2.25. The molecule has 0 saturated heterocycles. The lowest BCUT2D eigenvalue weighted by Crippen LogP contribution is -2.18. The Morgan fingerprint density at radius 1 is 0.900 bits per heavy atom. The number of hydrogen-bond donors (Lipinski definition) is 3. The van der Waals surface area contributed by atoms with Gasteiger partial charge in [-0.1, -0.05) is 46.1 Å². The van der Waals surface area contributed by atoms with Gasteiger partial charge in [0.1, 0.15) is 0 Å². The van der Waals surface area contributed by atoms with Gasteiger partial charge in [0, 0.05) is 0 Å². The van der Waals surface area contributed by atoms with Gasteiger partial charge in [0.25, 0.3) is 0 Å². The van der Waals surface area contributed by atoms with Crippen molar-refractivity contribution in [2.24, 2.45) is 0 Å². The highest BCUT2D eigenvalue weighted by Gasteiger charge is 1.83. The van der Waals surface area contributed by atoms with Crippen molar-refractivity contribution in [1.29, 1.82) is 0 Å². The van der Waals surface area contributed by atoms with Gasteiger partial charge in [-0.15, -0.1) is 13.2 Å². The SMILES string of the molecule is CCCCCCC=CC(=O)[O-].CC[O-].CC[O-].[NH4+].[NH4+].[NH4+]. The molecule has 0 rings (SSSR count). The number of carboxylic acids is 1. The molecule has 0 unspecified atom stereocenters. The first-order valence-electron chi connectivity index (χ1n) is 6.14. The van der Waals surface area contributed by atoms with Crippen LogP contribution in [0.1, 0.15) is 52.9 Å². The highest BCUT2D eigenvalue weighted by molar-refractivity contribution is 5.77. The Morgan fingerprint density at radius 3 is 1.60 bits per heavy atom. The molecule has 0 amide bonds. The molecule has 0 bridgehead atoms. The summed E-state index contributed by atoms with van der Waals surface area (Å²) >= 11 is 0. The number of allylic oxidation sites excluding steroid dienone is 1. The Bertz CT molecular complexity index is 166. The van der Waals surface area contributed by atoms with Gasteiger partial charge in [0.15, 0.2) is 0 Å². The molecule has 0 aliphatic rings. The van der Waals surface area contributed by atoms with Crippen LogP contribution in [0.3, 0.4) is 0 Å². The summed E-state index contributed by atoms with van der Waals surface area (Å²) in [5.41, 5.74) is 0. The molecule has 20 heavy (non-hydrogen) atoms. The van der Waals surface area contributed by atoms with Crippen LogP contribution < -0.4 is 33.8 Å². The fraction of sp³-hybridized carbons (Fsp3) is 0.769. The Kier molecular flexibility index (Phi) is 78.3. The predicted octanol–water partition coefficient (Wildman–Crippen LogP) is 1.12. The third kappa shape index (κ3) is 88.7. The summed E-state index contributed by atoms with van der Waals surface area (Å²) in [5, 5.41) is 27.8. The van der Waals surface area contributed by atoms with Crippen molar-refractivity contribution in [1.82, 2.24) is 18.5 Å². The molecule has 12 N–H and O–H groups in total. The zero-order valence-corrected chi connectivity index (χ0v) is 14.2. The van der Waals surface area contributed by atoms with Crippen molar-refractivity contribution in [2.75, 3.05) is 13.2 Å². The van der Waals surface area contributed by atoms with Gasteiger partial charge in [0.2, 0.25) is 0 Å². The molecule has 0 aliphatic heterocycles. The summed E-state index contributed by atoms with van der Waals surface area (Å²) < 4.78 is 0. The number of carbonyl (C=O) groups excluding carboxylic acids is 1. The van der Waals surface area contributed by atoms with Crippen LogP contribution in [0.4, 0.5) is 0 Å². The molecule has 0 spiro atoms. The van der Waals surface area contributed by atoms with Crippen LogP contribution in [0, 0.1) is 0 Å². The first-order valence-corrected chi connectivity index (χ1v) is 6.14. The number of unbranched alkanes of at least 4 members (excludes halogenated alkanes) is 4. The Hall–Kier alpha value is -0.990. The smallest absolute Gasteiger partial charge is 0.0639 e. The summed E-state index contributed by atoms with van der Waals surface area (Å²) in [4.78, 5) is 9.89. The van der Waals surface area contributed by atoms with E-state index in [1.165, 1.54) is 19.3 Å². The first-order chi connectivity index (χ1) is 8.10. The fourth-order valence-electron chi connectivity index (χ4n) is 0.869. The third-order valence-corrected chi connectivity index (χ3v) is 1.48. The average molecular weight is 299 g/mol. The quantitative estimate of drug-likeness (QED) is 0.488. The highest BCUT2D eigenvalue weighted by Crippen LogP contribution is 2.02. The summed E-state index contributed by atoms with van der Waals surface area (Å²) in [5.74, 6) is -1.10. The van der Waals surface area contributed by atoms with Gasteiger partial charge in [-0.05, 0) is 18.9 Å². The number of aliphatic carboxylic acids is 1. The molecule has 7 nitrogen and oxygen atoms in total. The zero-order valence-electron chi connectivity index (χ0n) is 14.2. The zero-order chi connectivity index (χ0) is 13.9. The Labute approximate surface area is 123 Å². The molecule has 0 atom stereocenters. The first kappa shape index (κ1) is 36.4. The molecule has 0 aromatic carbocycles. The molecule has 7 heteroatoms. The van der Waals surface area contributed by atoms with E-state index in [9.17, 15) is 9.90 Å². The second-order valence-electron chi connectivity index (χ2n) is 3.15. The van der Waals surface area contributed by atoms with Gasteiger partial charge < -0.3 is 38.6 Å². The lowest BCUT2D eigenvalue weighted by molar-refractivity contribution is -0.362. The van der Waals surface area contributed by atoms with Crippen LogP contribution in [0.25, 0.3) is 0 Å². The molecule has 0 fully saturated rings. The van der Waals surface area contributed by atoms with E-state index in [1.54, 1.807) is 19.9 Å². The van der Waals surface area contributed by atoms with Crippen molar-refractivity contribution >= 4 is 5.97 Å². The molecule has 0 aromatic heterocycles.